The van der Waals surface area contributed by atoms with Gasteiger partial charge >= 0.3 is 0 Å². The first-order chi connectivity index (χ1) is 8.27. The Labute approximate surface area is 101 Å². The molecule has 0 saturated carbocycles. The second-order valence-corrected chi connectivity index (χ2v) is 4.37. The van der Waals surface area contributed by atoms with Crippen molar-refractivity contribution in [3.05, 3.63) is 60.6 Å². The Morgan fingerprint density at radius 3 is 2.71 bits per heavy atom. The first kappa shape index (κ1) is 10.1. The zero-order chi connectivity index (χ0) is 11.8. The van der Waals surface area contributed by atoms with Crippen molar-refractivity contribution in [1.29, 1.82) is 0 Å². The van der Waals surface area contributed by atoms with Crippen LogP contribution in [0.2, 0.25) is 0 Å². The number of aryl methyl sites for hydroxylation is 2. The molecule has 0 aliphatic carbocycles. The quantitative estimate of drug-likeness (QED) is 0.561. The fraction of sp³-hybridized carbons (Fsp3) is 0.133. The van der Waals surface area contributed by atoms with Crippen LogP contribution in [0.4, 0.5) is 0 Å². The summed E-state index contributed by atoms with van der Waals surface area (Å²) >= 11 is 0. The minimum absolute atomic E-state index is 1.24. The third kappa shape index (κ3) is 1.53. The highest BCUT2D eigenvalue weighted by Crippen LogP contribution is 2.25. The van der Waals surface area contributed by atoms with Crippen LogP contribution in [0.25, 0.3) is 16.8 Å². The number of pyridine rings is 2. The largest absolute Gasteiger partial charge is 0.323 e. The van der Waals surface area contributed by atoms with Gasteiger partial charge in [0.1, 0.15) is 7.05 Å². The number of hydrogen-bond acceptors (Lipinski definition) is 0. The van der Waals surface area contributed by atoms with E-state index in [0.717, 1.165) is 0 Å². The number of aromatic nitrogens is 2. The van der Waals surface area contributed by atoms with Crippen molar-refractivity contribution in [3.63, 3.8) is 0 Å². The van der Waals surface area contributed by atoms with Crippen molar-refractivity contribution >= 4 is 5.52 Å². The van der Waals surface area contributed by atoms with E-state index in [0.29, 0.717) is 0 Å². The fourth-order valence-electron chi connectivity index (χ4n) is 2.36. The lowest BCUT2D eigenvalue weighted by atomic mass is 10.1. The predicted molar refractivity (Wildman–Crippen MR) is 68.7 cm³/mol. The summed E-state index contributed by atoms with van der Waals surface area (Å²) in [7, 11) is 2.08. The van der Waals surface area contributed by atoms with Crippen molar-refractivity contribution < 1.29 is 4.57 Å². The van der Waals surface area contributed by atoms with Crippen molar-refractivity contribution in [3.8, 4) is 11.3 Å². The van der Waals surface area contributed by atoms with Gasteiger partial charge in [0.05, 0.1) is 11.1 Å². The molecule has 0 spiro atoms. The Hall–Kier alpha value is -2.09. The van der Waals surface area contributed by atoms with Gasteiger partial charge in [0, 0.05) is 24.5 Å². The lowest BCUT2D eigenvalue weighted by Gasteiger charge is -2.02. The highest BCUT2D eigenvalue weighted by atomic mass is 14.9. The zero-order valence-corrected chi connectivity index (χ0v) is 10.1. The minimum atomic E-state index is 1.24. The number of rotatable bonds is 1. The number of fused-ring (bicyclic) bond motifs is 1. The molecule has 3 aromatic heterocycles. The van der Waals surface area contributed by atoms with Gasteiger partial charge in [-0.1, -0.05) is 6.07 Å². The summed E-state index contributed by atoms with van der Waals surface area (Å²) in [6.07, 6.45) is 6.29. The van der Waals surface area contributed by atoms with Crippen molar-refractivity contribution in [2.24, 2.45) is 7.05 Å². The predicted octanol–water partition coefficient (Wildman–Crippen LogP) is 2.74. The molecule has 0 saturated heterocycles. The Balaban J connectivity index is 2.36. The van der Waals surface area contributed by atoms with Crippen LogP contribution >= 0.6 is 0 Å². The van der Waals surface area contributed by atoms with E-state index in [1.807, 2.05) is 0 Å². The molecule has 0 atom stereocenters. The normalized spacial score (nSPS) is 10.9. The Morgan fingerprint density at radius 1 is 1.00 bits per heavy atom. The average molecular weight is 223 g/mol. The third-order valence-electron chi connectivity index (χ3n) is 3.21. The molecule has 0 N–H and O–H groups in total. The van der Waals surface area contributed by atoms with Crippen LogP contribution in [0.15, 0.2) is 55.0 Å². The molecule has 0 aliphatic heterocycles. The summed E-state index contributed by atoms with van der Waals surface area (Å²) in [5.41, 5.74) is 5.11. The van der Waals surface area contributed by atoms with E-state index >= 15 is 0 Å². The molecule has 0 fully saturated rings. The maximum Gasteiger partial charge on any atom is 0.214 e. The Bertz CT molecular complexity index is 680. The third-order valence-corrected chi connectivity index (χ3v) is 3.21. The van der Waals surface area contributed by atoms with Crippen LogP contribution < -0.4 is 4.57 Å². The smallest absolute Gasteiger partial charge is 0.214 e. The van der Waals surface area contributed by atoms with Crippen LogP contribution in [0.1, 0.15) is 5.56 Å². The molecular weight excluding hydrogens is 208 g/mol. The molecule has 0 amide bonds. The van der Waals surface area contributed by atoms with Crippen LogP contribution in [0, 0.1) is 6.92 Å². The molecule has 3 aromatic rings. The van der Waals surface area contributed by atoms with Gasteiger partial charge in [0.15, 0.2) is 6.20 Å². The lowest BCUT2D eigenvalue weighted by molar-refractivity contribution is -0.660. The SMILES string of the molecule is Cc1cccn2ccc(-c3cccc[n+]3C)c12. The minimum Gasteiger partial charge on any atom is -0.323 e. The summed E-state index contributed by atoms with van der Waals surface area (Å²) in [6.45, 7) is 2.15. The lowest BCUT2D eigenvalue weighted by Crippen LogP contribution is -2.29. The Morgan fingerprint density at radius 2 is 1.88 bits per heavy atom. The van der Waals surface area contributed by atoms with E-state index in [1.54, 1.807) is 0 Å². The van der Waals surface area contributed by atoms with E-state index in [-0.39, 0.29) is 0 Å². The maximum absolute atomic E-state index is 2.18. The van der Waals surface area contributed by atoms with Gasteiger partial charge < -0.3 is 4.40 Å². The van der Waals surface area contributed by atoms with E-state index in [4.69, 9.17) is 0 Å². The summed E-state index contributed by atoms with van der Waals surface area (Å²) in [6, 6.07) is 12.7. The summed E-state index contributed by atoms with van der Waals surface area (Å²) < 4.78 is 4.33. The molecular formula is C15H15N2+. The van der Waals surface area contributed by atoms with E-state index in [2.05, 4.69) is 77.9 Å². The topological polar surface area (TPSA) is 8.29 Å². The van der Waals surface area contributed by atoms with E-state index < -0.39 is 0 Å². The van der Waals surface area contributed by atoms with E-state index in [1.165, 1.54) is 22.3 Å². The van der Waals surface area contributed by atoms with Crippen molar-refractivity contribution in [1.82, 2.24) is 4.40 Å². The summed E-state index contributed by atoms with van der Waals surface area (Å²) in [4.78, 5) is 0. The molecule has 0 bridgehead atoms. The van der Waals surface area contributed by atoms with Gasteiger partial charge in [-0.2, -0.15) is 0 Å². The van der Waals surface area contributed by atoms with Gasteiger partial charge in [0.25, 0.3) is 0 Å². The molecule has 0 radical (unpaired) electrons. The molecule has 0 aliphatic rings. The van der Waals surface area contributed by atoms with Crippen LogP contribution in [0.5, 0.6) is 0 Å². The monoisotopic (exact) mass is 223 g/mol. The van der Waals surface area contributed by atoms with Crippen LogP contribution in [-0.2, 0) is 7.05 Å². The second kappa shape index (κ2) is 3.74. The number of hydrogen-bond donors (Lipinski definition) is 0. The first-order valence-corrected chi connectivity index (χ1v) is 5.79. The standard InChI is InChI=1S/C15H15N2/c1-12-6-5-10-17-11-8-13(15(12)17)14-7-3-4-9-16(14)2/h3-11H,1-2H3/q+1. The van der Waals surface area contributed by atoms with Gasteiger partial charge in [-0.3, -0.25) is 0 Å². The van der Waals surface area contributed by atoms with Gasteiger partial charge in [-0.25, -0.2) is 4.57 Å². The van der Waals surface area contributed by atoms with Crippen LogP contribution in [-0.4, -0.2) is 4.40 Å². The molecule has 2 heteroatoms. The summed E-state index contributed by atoms with van der Waals surface area (Å²) in [5.74, 6) is 0. The Kier molecular flexibility index (Phi) is 2.22. The second-order valence-electron chi connectivity index (χ2n) is 4.37. The molecule has 2 nitrogen and oxygen atoms in total. The number of nitrogens with zero attached hydrogens (tertiary/aromatic N) is 2. The molecule has 84 valence electrons. The zero-order valence-electron chi connectivity index (χ0n) is 10.1. The fourth-order valence-corrected chi connectivity index (χ4v) is 2.36. The highest BCUT2D eigenvalue weighted by molar-refractivity contribution is 5.80. The molecule has 17 heavy (non-hydrogen) atoms. The van der Waals surface area contributed by atoms with Gasteiger partial charge in [0.2, 0.25) is 5.69 Å². The molecule has 0 unspecified atom stereocenters. The average Bonchev–Trinajstić information content (AvgIpc) is 2.75. The van der Waals surface area contributed by atoms with Crippen molar-refractivity contribution in [2.45, 2.75) is 6.92 Å². The highest BCUT2D eigenvalue weighted by Gasteiger charge is 2.14. The van der Waals surface area contributed by atoms with Gasteiger partial charge in [-0.05, 0) is 30.7 Å². The first-order valence-electron chi connectivity index (χ1n) is 5.79. The summed E-state index contributed by atoms with van der Waals surface area (Å²) in [5, 5.41) is 0. The molecule has 3 rings (SSSR count). The van der Waals surface area contributed by atoms with Gasteiger partial charge in [-0.15, -0.1) is 0 Å². The van der Waals surface area contributed by atoms with Crippen LogP contribution in [0.3, 0.4) is 0 Å². The maximum atomic E-state index is 2.18. The van der Waals surface area contributed by atoms with E-state index in [9.17, 15) is 0 Å². The van der Waals surface area contributed by atoms with Crippen molar-refractivity contribution in [2.75, 3.05) is 0 Å². The molecule has 0 aromatic carbocycles. The molecule has 3 heterocycles.